The Morgan fingerprint density at radius 3 is 2.66 bits per heavy atom. The maximum atomic E-state index is 13.8. The molecule has 0 spiro atoms. The minimum Gasteiger partial charge on any atom is -0.443 e. The number of nitrogens with one attached hydrogen (secondary N) is 3. The lowest BCUT2D eigenvalue weighted by molar-refractivity contribution is 0.0569. The second kappa shape index (κ2) is 11.8. The van der Waals surface area contributed by atoms with Gasteiger partial charge in [0, 0.05) is 60.0 Å². The third-order valence-corrected chi connectivity index (χ3v) is 11.4. The zero-order chi connectivity index (χ0) is 32.0. The molecule has 16 heteroatoms. The predicted molar refractivity (Wildman–Crippen MR) is 165 cm³/mol. The number of nitrogens with zero attached hydrogens (tertiary/aromatic N) is 3. The lowest BCUT2D eigenvalue weighted by Crippen LogP contribution is -2.59. The zero-order valence-electron chi connectivity index (χ0n) is 24.7. The van der Waals surface area contributed by atoms with Gasteiger partial charge in [-0.05, 0) is 52.0 Å². The van der Waals surface area contributed by atoms with Crippen LogP contribution in [-0.4, -0.2) is 91.1 Å². The van der Waals surface area contributed by atoms with E-state index in [9.17, 15) is 26.4 Å². The second-order valence-corrected chi connectivity index (χ2v) is 16.6. The highest BCUT2D eigenvalue weighted by Crippen LogP contribution is 2.28. The van der Waals surface area contributed by atoms with Crippen molar-refractivity contribution in [3.63, 3.8) is 0 Å². The van der Waals surface area contributed by atoms with Crippen LogP contribution in [0.25, 0.3) is 10.9 Å². The summed E-state index contributed by atoms with van der Waals surface area (Å²) in [5.74, 6) is 1.27. The second-order valence-electron chi connectivity index (χ2n) is 11.9. The van der Waals surface area contributed by atoms with Gasteiger partial charge in [-0.25, -0.2) is 31.3 Å². The molecule has 2 aliphatic heterocycles. The number of amides is 2. The van der Waals surface area contributed by atoms with E-state index in [1.165, 1.54) is 22.3 Å². The fourth-order valence-corrected chi connectivity index (χ4v) is 8.82. The van der Waals surface area contributed by atoms with Gasteiger partial charge in [0.2, 0.25) is 10.0 Å². The van der Waals surface area contributed by atoms with E-state index in [1.807, 2.05) is 11.6 Å². The Labute approximate surface area is 260 Å². The molecule has 1 aromatic carbocycles. The molecular formula is C28H34N6O7S3. The van der Waals surface area contributed by atoms with E-state index in [4.69, 9.17) is 11.2 Å². The molecule has 0 radical (unpaired) electrons. The van der Waals surface area contributed by atoms with Crippen molar-refractivity contribution < 1.29 is 31.2 Å². The molecule has 3 aromatic rings. The number of fused-ring (bicyclic) bond motifs is 2. The minimum absolute atomic E-state index is 0.0846. The molecule has 1 saturated heterocycles. The monoisotopic (exact) mass is 662 g/mol. The Morgan fingerprint density at radius 1 is 1.20 bits per heavy atom. The standard InChI is InChI=1S/C28H34N6O7S3/c1-6-18-7-8-21-19(12-18)13-24(30-21)44(39,40)33-9-10-34(26(35)25-31-22-11-17(2)29-14-23(22)42-25)20(15-33)16-43(37,38)32-27(36)41-28(3,4)5/h1,7-8,12-13,17,20,29-30H,9-11,14-16H2,2-5H3,(H,32,36). The van der Waals surface area contributed by atoms with Crippen LogP contribution < -0.4 is 10.0 Å². The quantitative estimate of drug-likeness (QED) is 0.334. The first kappa shape index (κ1) is 31.9. The number of hydrogen-bond donors (Lipinski definition) is 3. The molecule has 2 amide bonds. The molecule has 2 aromatic heterocycles. The van der Waals surface area contributed by atoms with Crippen LogP contribution in [0.5, 0.6) is 0 Å². The number of carbonyl (C=O) groups is 2. The van der Waals surface area contributed by atoms with Gasteiger partial charge in [-0.3, -0.25) is 4.79 Å². The number of ether oxygens (including phenoxy) is 1. The van der Waals surface area contributed by atoms with Crippen LogP contribution in [0.3, 0.4) is 0 Å². The number of carbonyl (C=O) groups excluding carboxylic acids is 2. The van der Waals surface area contributed by atoms with Crippen LogP contribution in [-0.2, 0) is 37.7 Å². The lowest BCUT2D eigenvalue weighted by Gasteiger charge is -2.40. The molecule has 2 atom stereocenters. The normalized spacial score (nSPS) is 19.8. The third-order valence-electron chi connectivity index (χ3n) is 7.21. The average molecular weight is 663 g/mol. The SMILES string of the molecule is C#Cc1ccc2[nH]c(S(=O)(=O)N3CCN(C(=O)c4nc5c(s4)CNC(C)C5)C(CS(=O)(=O)NC(=O)OC(C)(C)C)C3)cc2c1. The van der Waals surface area contributed by atoms with E-state index in [0.717, 1.165) is 14.9 Å². The summed E-state index contributed by atoms with van der Waals surface area (Å²) in [6.07, 6.45) is 4.96. The molecule has 0 bridgehead atoms. The van der Waals surface area contributed by atoms with Crippen molar-refractivity contribution in [1.82, 2.24) is 29.2 Å². The third kappa shape index (κ3) is 6.92. The largest absolute Gasteiger partial charge is 0.443 e. The van der Waals surface area contributed by atoms with Crippen molar-refractivity contribution >= 4 is 54.3 Å². The van der Waals surface area contributed by atoms with Crippen molar-refractivity contribution in [2.45, 2.75) is 63.4 Å². The van der Waals surface area contributed by atoms with Gasteiger partial charge in [0.1, 0.15) is 10.6 Å². The summed E-state index contributed by atoms with van der Waals surface area (Å²) in [7, 11) is -8.51. The summed E-state index contributed by atoms with van der Waals surface area (Å²) in [5.41, 5.74) is 1.01. The number of sulfonamides is 2. The van der Waals surface area contributed by atoms with Gasteiger partial charge < -0.3 is 19.9 Å². The first-order valence-electron chi connectivity index (χ1n) is 13.9. The molecule has 3 N–H and O–H groups in total. The average Bonchev–Trinajstić information content (AvgIpc) is 3.55. The van der Waals surface area contributed by atoms with Crippen LogP contribution in [0, 0.1) is 12.3 Å². The summed E-state index contributed by atoms with van der Waals surface area (Å²) < 4.78 is 61.9. The van der Waals surface area contributed by atoms with Crippen molar-refractivity contribution in [3.05, 3.63) is 45.4 Å². The number of terminal acetylenes is 1. The first-order valence-corrected chi connectivity index (χ1v) is 17.8. The molecule has 2 aliphatic rings. The van der Waals surface area contributed by atoms with Crippen LogP contribution in [0.2, 0.25) is 0 Å². The van der Waals surface area contributed by atoms with Gasteiger partial charge in [-0.2, -0.15) is 4.31 Å². The number of piperazine rings is 1. The summed E-state index contributed by atoms with van der Waals surface area (Å²) in [6, 6.07) is 5.58. The fraction of sp³-hybridized carbons (Fsp3) is 0.464. The molecule has 0 aliphatic carbocycles. The van der Waals surface area contributed by atoms with Gasteiger partial charge in [-0.1, -0.05) is 5.92 Å². The number of rotatable bonds is 6. The van der Waals surface area contributed by atoms with E-state index in [-0.39, 0.29) is 35.7 Å². The molecule has 0 saturated carbocycles. The Kier molecular flexibility index (Phi) is 8.55. The highest BCUT2D eigenvalue weighted by atomic mass is 32.2. The predicted octanol–water partition coefficient (Wildman–Crippen LogP) is 2.01. The van der Waals surface area contributed by atoms with E-state index >= 15 is 0 Å². The van der Waals surface area contributed by atoms with E-state index in [0.29, 0.717) is 29.4 Å². The maximum Gasteiger partial charge on any atom is 0.421 e. The highest BCUT2D eigenvalue weighted by Gasteiger charge is 2.41. The first-order chi connectivity index (χ1) is 20.5. The number of benzene rings is 1. The summed E-state index contributed by atoms with van der Waals surface area (Å²) >= 11 is 1.23. The van der Waals surface area contributed by atoms with Gasteiger partial charge in [0.15, 0.2) is 5.01 Å². The zero-order valence-corrected chi connectivity index (χ0v) is 27.2. The van der Waals surface area contributed by atoms with E-state index < -0.39 is 49.4 Å². The Bertz CT molecular complexity index is 1870. The van der Waals surface area contributed by atoms with Crippen molar-refractivity contribution in [1.29, 1.82) is 0 Å². The molecular weight excluding hydrogens is 629 g/mol. The lowest BCUT2D eigenvalue weighted by atomic mass is 10.1. The number of hydrogen-bond acceptors (Lipinski definition) is 10. The van der Waals surface area contributed by atoms with Gasteiger partial charge in [0.05, 0.1) is 17.5 Å². The Balaban J connectivity index is 1.43. The van der Waals surface area contributed by atoms with Gasteiger partial charge in [-0.15, -0.1) is 17.8 Å². The number of aromatic amines is 1. The van der Waals surface area contributed by atoms with Crippen LogP contribution in [0.15, 0.2) is 29.3 Å². The minimum atomic E-state index is -4.37. The van der Waals surface area contributed by atoms with Crippen LogP contribution >= 0.6 is 11.3 Å². The highest BCUT2D eigenvalue weighted by molar-refractivity contribution is 7.90. The van der Waals surface area contributed by atoms with Crippen LogP contribution in [0.1, 0.15) is 53.6 Å². The molecule has 5 rings (SSSR count). The molecule has 236 valence electrons. The molecule has 13 nitrogen and oxygen atoms in total. The molecule has 2 unspecified atom stereocenters. The Morgan fingerprint density at radius 2 is 1.95 bits per heavy atom. The summed E-state index contributed by atoms with van der Waals surface area (Å²) in [4.78, 5) is 35.8. The van der Waals surface area contributed by atoms with Crippen molar-refractivity contribution in [2.24, 2.45) is 0 Å². The van der Waals surface area contributed by atoms with Crippen molar-refractivity contribution in [2.75, 3.05) is 25.4 Å². The molecule has 1 fully saturated rings. The Hall–Kier alpha value is -3.49. The fourth-order valence-electron chi connectivity index (χ4n) is 5.17. The summed E-state index contributed by atoms with van der Waals surface area (Å²) in [6.45, 7) is 6.84. The molecule has 44 heavy (non-hydrogen) atoms. The van der Waals surface area contributed by atoms with E-state index in [1.54, 1.807) is 39.0 Å². The summed E-state index contributed by atoms with van der Waals surface area (Å²) in [5, 5.41) is 4.03. The van der Waals surface area contributed by atoms with Gasteiger partial charge >= 0.3 is 6.09 Å². The number of thiazole rings is 1. The number of H-pyrrole nitrogens is 1. The maximum absolute atomic E-state index is 13.8. The number of aromatic nitrogens is 2. The van der Waals surface area contributed by atoms with E-state index in [2.05, 4.69) is 21.2 Å². The van der Waals surface area contributed by atoms with Gasteiger partial charge in [0.25, 0.3) is 15.9 Å². The van der Waals surface area contributed by atoms with Crippen LogP contribution in [0.4, 0.5) is 4.79 Å². The van der Waals surface area contributed by atoms with Crippen molar-refractivity contribution in [3.8, 4) is 12.3 Å². The molecule has 4 heterocycles. The topological polar surface area (TPSA) is 171 Å². The smallest absolute Gasteiger partial charge is 0.421 e.